The summed E-state index contributed by atoms with van der Waals surface area (Å²) in [5.41, 5.74) is 6.19. The Kier molecular flexibility index (Phi) is 1.02. The minimum Gasteiger partial charge on any atom is -0.401 e. The van der Waals surface area contributed by atoms with E-state index < -0.39 is 0 Å². The van der Waals surface area contributed by atoms with Crippen LogP contribution in [0.2, 0.25) is 0 Å². The third-order valence-corrected chi connectivity index (χ3v) is 0.760. The van der Waals surface area contributed by atoms with E-state index in [9.17, 15) is 0 Å². The Morgan fingerprint density at radius 1 is 1.86 bits per heavy atom. The van der Waals surface area contributed by atoms with Crippen molar-refractivity contribution in [3.8, 4) is 0 Å². The van der Waals surface area contributed by atoms with E-state index in [-0.39, 0.29) is 0 Å². The maximum absolute atomic E-state index is 5.35. The molecule has 7 heavy (non-hydrogen) atoms. The van der Waals surface area contributed by atoms with Crippen molar-refractivity contribution in [1.82, 2.24) is 5.32 Å². The van der Waals surface area contributed by atoms with Crippen LogP contribution in [0, 0.1) is 6.08 Å². The lowest BCUT2D eigenvalue weighted by Crippen LogP contribution is -2.17. The molecule has 1 heterocycles. The number of hydrogen-bond donors (Lipinski definition) is 2. The fourth-order valence-electron chi connectivity index (χ4n) is 0.428. The molecule has 1 rings (SSSR count). The molecule has 0 fully saturated rings. The van der Waals surface area contributed by atoms with E-state index in [0.717, 1.165) is 12.2 Å². The molecule has 3 N–H and O–H groups in total. The van der Waals surface area contributed by atoms with Crippen LogP contribution < -0.4 is 11.1 Å². The largest absolute Gasteiger partial charge is 0.401 e. The van der Waals surface area contributed by atoms with Crippen molar-refractivity contribution in [1.29, 1.82) is 0 Å². The third-order valence-electron chi connectivity index (χ3n) is 0.760. The van der Waals surface area contributed by atoms with E-state index in [2.05, 4.69) is 11.4 Å². The maximum atomic E-state index is 5.35. The van der Waals surface area contributed by atoms with Gasteiger partial charge in [0.05, 0.1) is 6.54 Å². The highest BCUT2D eigenvalue weighted by atomic mass is 14.9. The molecule has 0 unspecified atom stereocenters. The van der Waals surface area contributed by atoms with Gasteiger partial charge in [-0.2, -0.15) is 0 Å². The lowest BCUT2D eigenvalue weighted by molar-refractivity contribution is 0.903. The zero-order chi connectivity index (χ0) is 5.11. The van der Waals surface area contributed by atoms with Gasteiger partial charge in [-0.1, -0.05) is 0 Å². The Morgan fingerprint density at radius 2 is 2.71 bits per heavy atom. The predicted molar refractivity (Wildman–Crippen MR) is 28.1 cm³/mol. The minimum absolute atomic E-state index is 0.757. The Hall–Kier alpha value is -0.920. The second-order valence-corrected chi connectivity index (χ2v) is 1.41. The molecule has 0 spiro atoms. The van der Waals surface area contributed by atoms with Crippen LogP contribution in [-0.2, 0) is 0 Å². The van der Waals surface area contributed by atoms with Crippen LogP contribution in [0.15, 0.2) is 18.0 Å². The molecule has 0 amide bonds. The van der Waals surface area contributed by atoms with Crippen LogP contribution in [0.3, 0.4) is 0 Å². The van der Waals surface area contributed by atoms with Gasteiger partial charge >= 0.3 is 0 Å². The first-order valence-electron chi connectivity index (χ1n) is 2.15. The fourth-order valence-corrected chi connectivity index (χ4v) is 0.428. The van der Waals surface area contributed by atoms with Crippen LogP contribution in [0.4, 0.5) is 0 Å². The average Bonchev–Trinajstić information content (AvgIpc) is 1.69. The van der Waals surface area contributed by atoms with Crippen LogP contribution in [0.25, 0.3) is 0 Å². The van der Waals surface area contributed by atoms with Gasteiger partial charge in [0.2, 0.25) is 0 Å². The van der Waals surface area contributed by atoms with Gasteiger partial charge in [-0.3, -0.25) is 0 Å². The number of allylic oxidation sites excluding steroid dienone is 2. The van der Waals surface area contributed by atoms with E-state index >= 15 is 0 Å². The maximum Gasteiger partial charge on any atom is 0.0540 e. The quantitative estimate of drug-likeness (QED) is 0.435. The smallest absolute Gasteiger partial charge is 0.0540 e. The molecule has 0 aromatic rings. The highest BCUT2D eigenvalue weighted by Crippen LogP contribution is 1.85. The number of rotatable bonds is 0. The summed E-state index contributed by atoms with van der Waals surface area (Å²) in [5, 5.41) is 2.91. The number of hydrogen-bond acceptors (Lipinski definition) is 2. The molecule has 37 valence electrons. The Morgan fingerprint density at radius 3 is 3.00 bits per heavy atom. The molecule has 1 aliphatic heterocycles. The van der Waals surface area contributed by atoms with Crippen molar-refractivity contribution in [3.05, 3.63) is 24.0 Å². The monoisotopic (exact) mass is 95.1 g/mol. The predicted octanol–water partition coefficient (Wildman–Crippen LogP) is -0.251. The molecule has 0 saturated carbocycles. The van der Waals surface area contributed by atoms with Crippen LogP contribution in [0.5, 0.6) is 0 Å². The van der Waals surface area contributed by atoms with E-state index in [1.54, 1.807) is 12.3 Å². The van der Waals surface area contributed by atoms with Gasteiger partial charge < -0.3 is 11.1 Å². The minimum atomic E-state index is 0.757. The molecule has 1 radical (unpaired) electrons. The Labute approximate surface area is 42.7 Å². The molecule has 0 aliphatic carbocycles. The molecular weight excluding hydrogens is 88.1 g/mol. The first-order chi connectivity index (χ1) is 3.39. The van der Waals surface area contributed by atoms with Gasteiger partial charge in [0.15, 0.2) is 0 Å². The molecule has 0 saturated heterocycles. The van der Waals surface area contributed by atoms with Gasteiger partial charge in [-0.15, -0.1) is 0 Å². The highest BCUT2D eigenvalue weighted by molar-refractivity contribution is 5.10. The van der Waals surface area contributed by atoms with Gasteiger partial charge in [-0.05, 0) is 6.08 Å². The van der Waals surface area contributed by atoms with Crippen LogP contribution >= 0.6 is 0 Å². The van der Waals surface area contributed by atoms with Crippen LogP contribution in [-0.4, -0.2) is 6.54 Å². The SMILES string of the molecule is NC1=C[C]=CNC1. The van der Waals surface area contributed by atoms with Gasteiger partial charge in [-0.25, -0.2) is 0 Å². The fraction of sp³-hybridized carbons (Fsp3) is 0.200. The second kappa shape index (κ2) is 1.69. The molecule has 0 bridgehead atoms. The molecule has 2 nitrogen and oxygen atoms in total. The molecular formula is C5H7N2. The van der Waals surface area contributed by atoms with Gasteiger partial charge in [0.25, 0.3) is 0 Å². The number of dihydropyridines is 1. The van der Waals surface area contributed by atoms with Crippen molar-refractivity contribution in [3.63, 3.8) is 0 Å². The highest BCUT2D eigenvalue weighted by Gasteiger charge is 1.87. The summed E-state index contributed by atoms with van der Waals surface area (Å²) in [5.74, 6) is 0. The van der Waals surface area contributed by atoms with E-state index in [0.29, 0.717) is 0 Å². The summed E-state index contributed by atoms with van der Waals surface area (Å²) in [6, 6.07) is 0. The van der Waals surface area contributed by atoms with Gasteiger partial charge in [0.1, 0.15) is 0 Å². The van der Waals surface area contributed by atoms with Gasteiger partial charge in [0, 0.05) is 18.0 Å². The third kappa shape index (κ3) is 0.961. The van der Waals surface area contributed by atoms with Crippen molar-refractivity contribution in [2.45, 2.75) is 0 Å². The first kappa shape index (κ1) is 4.24. The second-order valence-electron chi connectivity index (χ2n) is 1.41. The average molecular weight is 95.1 g/mol. The van der Waals surface area contributed by atoms with E-state index in [1.165, 1.54) is 0 Å². The van der Waals surface area contributed by atoms with E-state index in [1.807, 2.05) is 0 Å². The zero-order valence-corrected chi connectivity index (χ0v) is 3.94. The lowest BCUT2D eigenvalue weighted by Gasteiger charge is -2.02. The molecule has 2 heteroatoms. The van der Waals surface area contributed by atoms with Crippen molar-refractivity contribution >= 4 is 0 Å². The number of nitrogens with two attached hydrogens (primary N) is 1. The normalized spacial score (nSPS) is 18.0. The summed E-state index contributed by atoms with van der Waals surface area (Å²) >= 11 is 0. The molecule has 0 atom stereocenters. The van der Waals surface area contributed by atoms with Crippen LogP contribution in [0.1, 0.15) is 0 Å². The summed E-state index contributed by atoms with van der Waals surface area (Å²) in [7, 11) is 0. The van der Waals surface area contributed by atoms with Crippen molar-refractivity contribution in [2.24, 2.45) is 5.73 Å². The zero-order valence-electron chi connectivity index (χ0n) is 3.94. The number of nitrogens with one attached hydrogen (secondary N) is 1. The van der Waals surface area contributed by atoms with E-state index in [4.69, 9.17) is 5.73 Å². The summed E-state index contributed by atoms with van der Waals surface area (Å²) in [6.45, 7) is 0.757. The molecule has 0 aromatic carbocycles. The standard InChI is InChI=1S/C5H7N2/c6-5-2-1-3-7-4-5/h2-3,7H,4,6H2. The first-order valence-corrected chi connectivity index (χ1v) is 2.15. The Bertz CT molecular complexity index is 113. The molecule has 0 aromatic heterocycles. The van der Waals surface area contributed by atoms with Crippen molar-refractivity contribution in [2.75, 3.05) is 6.54 Å². The lowest BCUT2D eigenvalue weighted by atomic mass is 10.3. The Balaban J connectivity index is 2.57. The topological polar surface area (TPSA) is 38.0 Å². The van der Waals surface area contributed by atoms with Crippen molar-refractivity contribution < 1.29 is 0 Å². The summed E-state index contributed by atoms with van der Waals surface area (Å²) < 4.78 is 0. The summed E-state index contributed by atoms with van der Waals surface area (Å²) in [4.78, 5) is 0. The summed E-state index contributed by atoms with van der Waals surface area (Å²) in [6.07, 6.45) is 6.32. The molecule has 1 aliphatic rings.